The van der Waals surface area contributed by atoms with E-state index in [2.05, 4.69) is 12.1 Å². The number of methoxy groups -OCH3 is 1. The smallest absolute Gasteiger partial charge is 0.125 e. The molecular formula is C17H16O2S. The number of hydrogen-bond acceptors (Lipinski definition) is 3. The Balaban J connectivity index is 2.07. The van der Waals surface area contributed by atoms with Crippen LogP contribution in [0.2, 0.25) is 0 Å². The molecule has 20 heavy (non-hydrogen) atoms. The summed E-state index contributed by atoms with van der Waals surface area (Å²) in [5, 5.41) is 11.8. The highest BCUT2D eigenvalue weighted by atomic mass is 32.1. The monoisotopic (exact) mass is 284 g/mol. The van der Waals surface area contributed by atoms with E-state index in [1.165, 1.54) is 4.70 Å². The topological polar surface area (TPSA) is 29.5 Å². The first-order valence-corrected chi connectivity index (χ1v) is 7.32. The molecule has 1 heterocycles. The van der Waals surface area contributed by atoms with Gasteiger partial charge in [-0.2, -0.15) is 0 Å². The van der Waals surface area contributed by atoms with Crippen LogP contribution in [0.3, 0.4) is 0 Å². The van der Waals surface area contributed by atoms with Crippen LogP contribution < -0.4 is 4.74 Å². The summed E-state index contributed by atoms with van der Waals surface area (Å²) in [6.07, 6.45) is -0.651. The maximum atomic E-state index is 10.7. The average molecular weight is 284 g/mol. The molecule has 102 valence electrons. The second-order valence-corrected chi connectivity index (χ2v) is 5.95. The molecule has 0 aliphatic rings. The van der Waals surface area contributed by atoms with Crippen LogP contribution in [0.15, 0.2) is 48.5 Å². The highest BCUT2D eigenvalue weighted by Crippen LogP contribution is 2.36. The number of thiophene rings is 1. The second kappa shape index (κ2) is 5.27. The van der Waals surface area contributed by atoms with Crippen LogP contribution in [0.5, 0.6) is 5.75 Å². The summed E-state index contributed by atoms with van der Waals surface area (Å²) in [6, 6.07) is 16.1. The van der Waals surface area contributed by atoms with Gasteiger partial charge < -0.3 is 9.84 Å². The Kier molecular flexibility index (Phi) is 3.47. The predicted molar refractivity (Wildman–Crippen MR) is 83.6 cm³/mol. The van der Waals surface area contributed by atoms with E-state index in [1.54, 1.807) is 18.4 Å². The van der Waals surface area contributed by atoms with Gasteiger partial charge in [-0.1, -0.05) is 29.8 Å². The molecule has 0 saturated heterocycles. The molecule has 1 atom stereocenters. The second-order valence-electron chi connectivity index (χ2n) is 4.83. The number of fused-ring (bicyclic) bond motifs is 1. The number of rotatable bonds is 3. The van der Waals surface area contributed by atoms with E-state index >= 15 is 0 Å². The van der Waals surface area contributed by atoms with Crippen molar-refractivity contribution in [2.45, 2.75) is 13.0 Å². The van der Waals surface area contributed by atoms with Crippen LogP contribution in [0.25, 0.3) is 10.1 Å². The van der Waals surface area contributed by atoms with Crippen LogP contribution in [0.4, 0.5) is 0 Å². The third-order valence-corrected chi connectivity index (χ3v) is 4.56. The molecule has 0 radical (unpaired) electrons. The zero-order valence-electron chi connectivity index (χ0n) is 11.5. The Morgan fingerprint density at radius 1 is 1.10 bits per heavy atom. The molecule has 0 bridgehead atoms. The van der Waals surface area contributed by atoms with Gasteiger partial charge in [0.25, 0.3) is 0 Å². The van der Waals surface area contributed by atoms with Crippen LogP contribution in [0, 0.1) is 6.92 Å². The zero-order chi connectivity index (χ0) is 14.1. The Morgan fingerprint density at radius 2 is 1.90 bits per heavy atom. The zero-order valence-corrected chi connectivity index (χ0v) is 12.3. The number of aliphatic hydroxyl groups is 1. The van der Waals surface area contributed by atoms with Crippen molar-refractivity contribution in [3.63, 3.8) is 0 Å². The largest absolute Gasteiger partial charge is 0.496 e. The summed E-state index contributed by atoms with van der Waals surface area (Å²) in [4.78, 5) is 0.940. The minimum Gasteiger partial charge on any atom is -0.496 e. The van der Waals surface area contributed by atoms with Crippen LogP contribution in [-0.2, 0) is 0 Å². The Bertz CT molecular complexity index is 713. The normalized spacial score (nSPS) is 12.6. The molecular weight excluding hydrogens is 268 g/mol. The third-order valence-electron chi connectivity index (χ3n) is 3.39. The van der Waals surface area contributed by atoms with Gasteiger partial charge in [-0.3, -0.25) is 0 Å². The molecule has 1 N–H and O–H groups in total. The summed E-state index contributed by atoms with van der Waals surface area (Å²) in [6.45, 7) is 2.01. The first-order valence-electron chi connectivity index (χ1n) is 6.50. The van der Waals surface area contributed by atoms with Crippen molar-refractivity contribution in [3.05, 3.63) is 64.5 Å². The highest BCUT2D eigenvalue weighted by molar-refractivity contribution is 7.19. The van der Waals surface area contributed by atoms with Crippen molar-refractivity contribution >= 4 is 21.4 Å². The SMILES string of the molecule is COc1ccc(C)cc1C(O)c1cc2ccccc2s1. The van der Waals surface area contributed by atoms with E-state index < -0.39 is 6.10 Å². The van der Waals surface area contributed by atoms with Crippen molar-refractivity contribution in [1.29, 1.82) is 0 Å². The number of aryl methyl sites for hydroxylation is 1. The molecule has 3 aromatic rings. The lowest BCUT2D eigenvalue weighted by Crippen LogP contribution is -2.01. The van der Waals surface area contributed by atoms with Crippen LogP contribution in [0.1, 0.15) is 22.1 Å². The van der Waals surface area contributed by atoms with Gasteiger partial charge in [0.1, 0.15) is 11.9 Å². The fourth-order valence-corrected chi connectivity index (χ4v) is 3.43. The summed E-state index contributed by atoms with van der Waals surface area (Å²) in [5.74, 6) is 0.723. The Morgan fingerprint density at radius 3 is 2.65 bits per heavy atom. The quantitative estimate of drug-likeness (QED) is 0.777. The van der Waals surface area contributed by atoms with Gasteiger partial charge in [-0.25, -0.2) is 0 Å². The number of ether oxygens (including phenoxy) is 1. The van der Waals surface area contributed by atoms with Crippen molar-refractivity contribution in [2.75, 3.05) is 7.11 Å². The van der Waals surface area contributed by atoms with E-state index in [4.69, 9.17) is 4.74 Å². The van der Waals surface area contributed by atoms with E-state index in [0.717, 1.165) is 27.1 Å². The fourth-order valence-electron chi connectivity index (χ4n) is 2.36. The molecule has 0 amide bonds. The van der Waals surface area contributed by atoms with Crippen molar-refractivity contribution in [1.82, 2.24) is 0 Å². The summed E-state index contributed by atoms with van der Waals surface area (Å²) in [5.41, 5.74) is 1.93. The number of hydrogen-bond donors (Lipinski definition) is 1. The molecule has 1 aromatic heterocycles. The van der Waals surface area contributed by atoms with Gasteiger partial charge in [0, 0.05) is 15.1 Å². The molecule has 0 fully saturated rings. The average Bonchev–Trinajstić information content (AvgIpc) is 2.90. The number of benzene rings is 2. The van der Waals surface area contributed by atoms with Crippen molar-refractivity contribution < 1.29 is 9.84 Å². The van der Waals surface area contributed by atoms with Gasteiger partial charge in [-0.15, -0.1) is 11.3 Å². The first-order chi connectivity index (χ1) is 9.69. The molecule has 2 aromatic carbocycles. The molecule has 1 unspecified atom stereocenters. The van der Waals surface area contributed by atoms with Crippen molar-refractivity contribution in [3.8, 4) is 5.75 Å². The summed E-state index contributed by atoms with van der Waals surface area (Å²) < 4.78 is 6.55. The minimum absolute atomic E-state index is 0.651. The maximum Gasteiger partial charge on any atom is 0.125 e. The highest BCUT2D eigenvalue weighted by Gasteiger charge is 2.18. The standard InChI is InChI=1S/C17H16O2S/c1-11-7-8-14(19-2)13(9-11)17(18)16-10-12-5-3-4-6-15(12)20-16/h3-10,17-18H,1-2H3. The lowest BCUT2D eigenvalue weighted by molar-refractivity contribution is 0.218. The maximum absolute atomic E-state index is 10.7. The summed E-state index contributed by atoms with van der Waals surface area (Å²) >= 11 is 1.62. The molecule has 3 heteroatoms. The van der Waals surface area contributed by atoms with E-state index in [1.807, 2.05) is 43.3 Å². The van der Waals surface area contributed by atoms with Gasteiger partial charge in [0.15, 0.2) is 0 Å². The van der Waals surface area contributed by atoms with Gasteiger partial charge in [0.05, 0.1) is 7.11 Å². The third kappa shape index (κ3) is 2.30. The van der Waals surface area contributed by atoms with Gasteiger partial charge in [0.2, 0.25) is 0 Å². The van der Waals surface area contributed by atoms with E-state index in [9.17, 15) is 5.11 Å². The molecule has 0 aliphatic heterocycles. The predicted octanol–water partition coefficient (Wildman–Crippen LogP) is 4.30. The lowest BCUT2D eigenvalue weighted by Gasteiger charge is -2.14. The molecule has 0 spiro atoms. The first kappa shape index (κ1) is 13.2. The summed E-state index contributed by atoms with van der Waals surface area (Å²) in [7, 11) is 1.63. The number of aliphatic hydroxyl groups excluding tert-OH is 1. The molecule has 0 saturated carbocycles. The fraction of sp³-hybridized carbons (Fsp3) is 0.176. The van der Waals surface area contributed by atoms with Gasteiger partial charge in [-0.05, 0) is 36.6 Å². The van der Waals surface area contributed by atoms with E-state index in [-0.39, 0.29) is 0 Å². The molecule has 2 nitrogen and oxygen atoms in total. The lowest BCUT2D eigenvalue weighted by atomic mass is 10.0. The van der Waals surface area contributed by atoms with Crippen LogP contribution in [-0.4, -0.2) is 12.2 Å². The Hall–Kier alpha value is -1.84. The van der Waals surface area contributed by atoms with Crippen molar-refractivity contribution in [2.24, 2.45) is 0 Å². The molecule has 3 rings (SSSR count). The van der Waals surface area contributed by atoms with Crippen LogP contribution >= 0.6 is 11.3 Å². The minimum atomic E-state index is -0.651. The molecule has 0 aliphatic carbocycles. The van der Waals surface area contributed by atoms with Gasteiger partial charge >= 0.3 is 0 Å². The Labute approximate surface area is 122 Å². The van der Waals surface area contributed by atoms with E-state index in [0.29, 0.717) is 0 Å².